The van der Waals surface area contributed by atoms with E-state index in [1.165, 1.54) is 0 Å². The van der Waals surface area contributed by atoms with Gasteiger partial charge in [0.1, 0.15) is 5.82 Å². The van der Waals surface area contributed by atoms with Crippen molar-refractivity contribution in [2.45, 2.75) is 42.5 Å². The first-order valence-electron chi connectivity index (χ1n) is 10.3. The van der Waals surface area contributed by atoms with Gasteiger partial charge in [0.05, 0.1) is 7.11 Å². The molecule has 0 saturated heterocycles. The number of hydrogen-bond acceptors (Lipinski definition) is 4. The van der Waals surface area contributed by atoms with Gasteiger partial charge in [-0.05, 0) is 49.1 Å². The molecule has 3 rings (SSSR count). The summed E-state index contributed by atoms with van der Waals surface area (Å²) < 4.78 is 183. The Labute approximate surface area is 207 Å². The molecule has 0 N–H and O–H groups in total. The van der Waals surface area contributed by atoms with E-state index >= 15 is 0 Å². The normalized spacial score (nSPS) is 15.7. The van der Waals surface area contributed by atoms with Gasteiger partial charge in [-0.3, -0.25) is 0 Å². The Bertz CT molecular complexity index is 1350. The van der Waals surface area contributed by atoms with Crippen molar-refractivity contribution in [2.24, 2.45) is 0 Å². The molecule has 1 aliphatic rings. The Hall–Kier alpha value is -3.04. The van der Waals surface area contributed by atoms with Crippen molar-refractivity contribution in [3.05, 3.63) is 64.7 Å². The number of hydrogen-bond donors (Lipinski definition) is 0. The number of halogens is 11. The highest BCUT2D eigenvalue weighted by atomic mass is 32.2. The summed E-state index contributed by atoms with van der Waals surface area (Å²) in [5.74, 6) is -18.6. The maximum atomic E-state index is 14.9. The van der Waals surface area contributed by atoms with Crippen LogP contribution in [0, 0.1) is 11.6 Å². The summed E-state index contributed by atoms with van der Waals surface area (Å²) in [4.78, 5) is 0. The summed E-state index contributed by atoms with van der Waals surface area (Å²) in [7, 11) is -6.30. The lowest BCUT2D eigenvalue weighted by atomic mass is 9.98. The minimum Gasteiger partial charge on any atom is -0.494 e. The van der Waals surface area contributed by atoms with Crippen LogP contribution in [-0.2, 0) is 20.7 Å². The molecule has 0 unspecified atom stereocenters. The Balaban J connectivity index is 2.27. The molecule has 38 heavy (non-hydrogen) atoms. The molecule has 0 spiro atoms. The molecule has 2 aromatic rings. The molecule has 0 aliphatic heterocycles. The zero-order valence-corrected chi connectivity index (χ0v) is 19.6. The predicted molar refractivity (Wildman–Crippen MR) is 110 cm³/mol. The molecule has 4 nitrogen and oxygen atoms in total. The van der Waals surface area contributed by atoms with Gasteiger partial charge in [-0.15, -0.1) is 0 Å². The van der Waals surface area contributed by atoms with Gasteiger partial charge < -0.3 is 8.92 Å². The molecule has 0 radical (unpaired) electrons. The maximum Gasteiger partial charge on any atom is 0.460 e. The van der Waals surface area contributed by atoms with Crippen LogP contribution in [0.1, 0.15) is 29.5 Å². The molecule has 0 heterocycles. The molecule has 1 aliphatic carbocycles. The maximum absolute atomic E-state index is 14.9. The zero-order valence-electron chi connectivity index (χ0n) is 18.8. The smallest absolute Gasteiger partial charge is 0.460 e. The van der Waals surface area contributed by atoms with Crippen LogP contribution in [0.25, 0.3) is 11.3 Å². The number of allylic oxidation sites excluding steroid dienone is 1. The van der Waals surface area contributed by atoms with E-state index in [9.17, 15) is 56.7 Å². The quantitative estimate of drug-likeness (QED) is 0.261. The second-order valence-electron chi connectivity index (χ2n) is 7.98. The van der Waals surface area contributed by atoms with Gasteiger partial charge in [0, 0.05) is 16.7 Å². The molecule has 0 aromatic heterocycles. The average Bonchev–Trinajstić information content (AvgIpc) is 2.98. The van der Waals surface area contributed by atoms with Crippen LogP contribution in [0.4, 0.5) is 48.3 Å². The highest BCUT2D eigenvalue weighted by molar-refractivity contribution is 7.88. The van der Waals surface area contributed by atoms with E-state index in [4.69, 9.17) is 4.74 Å². The number of rotatable bonds is 7. The van der Waals surface area contributed by atoms with Gasteiger partial charge in [0.15, 0.2) is 17.3 Å². The van der Waals surface area contributed by atoms with Gasteiger partial charge in [-0.1, -0.05) is 12.1 Å². The van der Waals surface area contributed by atoms with Crippen molar-refractivity contribution in [2.75, 3.05) is 7.11 Å². The van der Waals surface area contributed by atoms with Crippen LogP contribution in [0.15, 0.2) is 36.4 Å². The molecule has 0 saturated carbocycles. The van der Waals surface area contributed by atoms with Gasteiger partial charge in [0.2, 0.25) is 0 Å². The van der Waals surface area contributed by atoms with E-state index in [0.717, 1.165) is 43.5 Å². The van der Waals surface area contributed by atoms with E-state index in [1.807, 2.05) is 0 Å². The molecule has 2 aromatic carbocycles. The van der Waals surface area contributed by atoms with E-state index in [-0.39, 0.29) is 24.8 Å². The summed E-state index contributed by atoms with van der Waals surface area (Å²) >= 11 is 0. The average molecular weight is 584 g/mol. The number of methoxy groups -OCH3 is 1. The molecule has 16 heteroatoms. The number of ether oxygens (including phenoxy) is 1. The summed E-state index contributed by atoms with van der Waals surface area (Å²) in [5, 5.41) is -7.14. The first-order valence-corrected chi connectivity index (χ1v) is 11.7. The Morgan fingerprint density at radius 3 is 1.89 bits per heavy atom. The second-order valence-corrected chi connectivity index (χ2v) is 9.56. The Morgan fingerprint density at radius 2 is 1.37 bits per heavy atom. The lowest BCUT2D eigenvalue weighted by Crippen LogP contribution is -2.63. The monoisotopic (exact) mass is 584 g/mol. The number of alkyl halides is 9. The molecule has 0 atom stereocenters. The topological polar surface area (TPSA) is 52.6 Å². The summed E-state index contributed by atoms with van der Waals surface area (Å²) in [6, 6.07) is 5.43. The fourth-order valence-electron chi connectivity index (χ4n) is 3.63. The van der Waals surface area contributed by atoms with Gasteiger partial charge in [-0.25, -0.2) is 8.78 Å². The van der Waals surface area contributed by atoms with Crippen molar-refractivity contribution >= 4 is 21.5 Å². The van der Waals surface area contributed by atoms with Crippen LogP contribution in [0.5, 0.6) is 5.75 Å². The zero-order chi connectivity index (χ0) is 28.9. The lowest BCUT2D eigenvalue weighted by Gasteiger charge is -2.33. The fourth-order valence-corrected chi connectivity index (χ4v) is 4.59. The second kappa shape index (κ2) is 9.61. The predicted octanol–water partition coefficient (Wildman–Crippen LogP) is 6.95. The number of benzene rings is 2. The third-order valence-corrected chi connectivity index (χ3v) is 6.89. The molecular formula is C22H15F11O4S. The fraction of sp³-hybridized carbons (Fsp3) is 0.364. The standard InChI is InChI=1S/C22H15F11O4S/c1-36-16-10-9-15-14(17(16)24)4-2-3-13(11-5-7-12(23)8-6-11)18(15)37-38(34,35)22(32,33)20(27,28)19(25,26)21(29,30)31/h5-10H,2-4H2,1H3. The van der Waals surface area contributed by atoms with Crippen molar-refractivity contribution in [1.29, 1.82) is 0 Å². The van der Waals surface area contributed by atoms with Gasteiger partial charge in [0.25, 0.3) is 0 Å². The summed E-state index contributed by atoms with van der Waals surface area (Å²) in [5.41, 5.74) is -1.55. The molecule has 0 amide bonds. The van der Waals surface area contributed by atoms with Crippen molar-refractivity contribution in [3.8, 4) is 5.75 Å². The highest BCUT2D eigenvalue weighted by Gasteiger charge is 2.86. The van der Waals surface area contributed by atoms with Crippen molar-refractivity contribution in [3.63, 3.8) is 0 Å². The molecular weight excluding hydrogens is 569 g/mol. The van der Waals surface area contributed by atoms with E-state index in [1.54, 1.807) is 0 Å². The first-order chi connectivity index (χ1) is 17.3. The SMILES string of the molecule is COc1ccc2c(c1F)CCCC(c1ccc(F)cc1)=C2OS(=O)(=O)C(F)(F)C(F)(F)C(F)(F)C(F)(F)F. The van der Waals surface area contributed by atoms with Crippen molar-refractivity contribution < 1.29 is 65.6 Å². The third kappa shape index (κ3) is 4.66. The molecule has 0 fully saturated rings. The van der Waals surface area contributed by atoms with E-state index < -0.39 is 73.2 Å². The number of fused-ring (bicyclic) bond motifs is 1. The molecule has 0 bridgehead atoms. The molecule has 210 valence electrons. The minimum absolute atomic E-state index is 0.0462. The minimum atomic E-state index is -7.54. The Morgan fingerprint density at radius 1 is 0.789 bits per heavy atom. The van der Waals surface area contributed by atoms with E-state index in [0.29, 0.717) is 0 Å². The largest absolute Gasteiger partial charge is 0.494 e. The summed E-state index contributed by atoms with van der Waals surface area (Å²) in [6.07, 6.45) is -7.87. The van der Waals surface area contributed by atoms with Gasteiger partial charge >= 0.3 is 33.4 Å². The van der Waals surface area contributed by atoms with Crippen LogP contribution in [-0.4, -0.2) is 38.8 Å². The Kier molecular flexibility index (Phi) is 7.46. The van der Waals surface area contributed by atoms with Crippen LogP contribution in [0.3, 0.4) is 0 Å². The van der Waals surface area contributed by atoms with Crippen LogP contribution < -0.4 is 4.74 Å². The van der Waals surface area contributed by atoms with Crippen molar-refractivity contribution in [1.82, 2.24) is 0 Å². The lowest BCUT2D eigenvalue weighted by molar-refractivity contribution is -0.382. The van der Waals surface area contributed by atoms with Crippen LogP contribution in [0.2, 0.25) is 0 Å². The first kappa shape index (κ1) is 29.5. The third-order valence-electron chi connectivity index (χ3n) is 5.62. The summed E-state index contributed by atoms with van der Waals surface area (Å²) in [6.45, 7) is 0. The van der Waals surface area contributed by atoms with E-state index in [2.05, 4.69) is 4.18 Å². The van der Waals surface area contributed by atoms with Crippen LogP contribution >= 0.6 is 0 Å². The highest BCUT2D eigenvalue weighted by Crippen LogP contribution is 2.55. The van der Waals surface area contributed by atoms with Gasteiger partial charge in [-0.2, -0.15) is 47.9 Å².